The first kappa shape index (κ1) is 16.8. The maximum Gasteiger partial charge on any atom is 0.211 e. The molecule has 1 aliphatic heterocycles. The summed E-state index contributed by atoms with van der Waals surface area (Å²) in [5, 5.41) is 0. The maximum atomic E-state index is 12.7. The summed E-state index contributed by atoms with van der Waals surface area (Å²) in [6.45, 7) is 0. The Labute approximate surface area is 167 Å². The second-order valence-electron chi connectivity index (χ2n) is 6.46. The van der Waals surface area contributed by atoms with Crippen molar-refractivity contribution in [1.29, 1.82) is 0 Å². The molecular weight excluding hydrogens is 364 g/mol. The number of carbonyl (C=O) groups excluding carboxylic acids is 1. The standard InChI is InChI=1S/C24H16N2OS/c27-24(19-7-5-6-16-25-19)17-12-14-18(15-13-17)26-20-8-1-3-10-22(20)28-23-11-4-2-9-21(23)26/h1-16H. The molecule has 0 atom stereocenters. The zero-order valence-corrected chi connectivity index (χ0v) is 15.8. The summed E-state index contributed by atoms with van der Waals surface area (Å²) in [6.07, 6.45) is 1.64. The topological polar surface area (TPSA) is 33.2 Å². The van der Waals surface area contributed by atoms with Crippen molar-refractivity contribution >= 4 is 34.6 Å². The fraction of sp³-hybridized carbons (Fsp3) is 0. The molecule has 0 aliphatic carbocycles. The van der Waals surface area contributed by atoms with Crippen LogP contribution in [-0.4, -0.2) is 10.8 Å². The molecule has 134 valence electrons. The van der Waals surface area contributed by atoms with Crippen LogP contribution in [0.1, 0.15) is 16.1 Å². The van der Waals surface area contributed by atoms with E-state index in [0.29, 0.717) is 11.3 Å². The van der Waals surface area contributed by atoms with E-state index < -0.39 is 0 Å². The summed E-state index contributed by atoms with van der Waals surface area (Å²) in [5.41, 5.74) is 4.42. The Morgan fingerprint density at radius 2 is 1.32 bits per heavy atom. The van der Waals surface area contributed by atoms with E-state index in [1.165, 1.54) is 9.79 Å². The van der Waals surface area contributed by atoms with Gasteiger partial charge in [0.05, 0.1) is 11.4 Å². The molecule has 0 N–H and O–H groups in total. The highest BCUT2D eigenvalue weighted by molar-refractivity contribution is 7.99. The number of anilines is 3. The summed E-state index contributed by atoms with van der Waals surface area (Å²) in [6, 6.07) is 29.9. The van der Waals surface area contributed by atoms with Crippen molar-refractivity contribution in [1.82, 2.24) is 4.98 Å². The third kappa shape index (κ3) is 2.88. The second-order valence-corrected chi connectivity index (χ2v) is 7.55. The quantitative estimate of drug-likeness (QED) is 0.347. The monoisotopic (exact) mass is 380 g/mol. The van der Waals surface area contributed by atoms with Gasteiger partial charge in [-0.2, -0.15) is 0 Å². The number of para-hydroxylation sites is 2. The molecule has 1 aromatic heterocycles. The predicted molar refractivity (Wildman–Crippen MR) is 113 cm³/mol. The summed E-state index contributed by atoms with van der Waals surface area (Å²) in [7, 11) is 0. The first-order chi connectivity index (χ1) is 13.8. The van der Waals surface area contributed by atoms with Gasteiger partial charge in [-0.15, -0.1) is 0 Å². The van der Waals surface area contributed by atoms with Gasteiger partial charge >= 0.3 is 0 Å². The summed E-state index contributed by atoms with van der Waals surface area (Å²) in [4.78, 5) is 21.5. The molecule has 3 aromatic carbocycles. The lowest BCUT2D eigenvalue weighted by Crippen LogP contribution is -2.14. The van der Waals surface area contributed by atoms with Gasteiger partial charge in [0, 0.05) is 27.2 Å². The lowest BCUT2D eigenvalue weighted by Gasteiger charge is -2.32. The molecule has 5 rings (SSSR count). The first-order valence-electron chi connectivity index (χ1n) is 9.03. The van der Waals surface area contributed by atoms with Crippen LogP contribution in [0.5, 0.6) is 0 Å². The molecule has 0 saturated heterocycles. The van der Waals surface area contributed by atoms with Crippen LogP contribution in [0.2, 0.25) is 0 Å². The van der Waals surface area contributed by atoms with E-state index >= 15 is 0 Å². The zero-order chi connectivity index (χ0) is 18.9. The Morgan fingerprint density at radius 3 is 1.93 bits per heavy atom. The van der Waals surface area contributed by atoms with Gasteiger partial charge in [-0.3, -0.25) is 9.78 Å². The fourth-order valence-corrected chi connectivity index (χ4v) is 4.45. The highest BCUT2D eigenvalue weighted by atomic mass is 32.2. The third-order valence-electron chi connectivity index (χ3n) is 4.72. The molecule has 28 heavy (non-hydrogen) atoms. The number of hydrogen-bond acceptors (Lipinski definition) is 4. The number of fused-ring (bicyclic) bond motifs is 2. The Balaban J connectivity index is 1.56. The van der Waals surface area contributed by atoms with Crippen molar-refractivity contribution < 1.29 is 4.79 Å². The summed E-state index contributed by atoms with van der Waals surface area (Å²) in [5.74, 6) is -0.0675. The van der Waals surface area contributed by atoms with Crippen LogP contribution in [0.25, 0.3) is 0 Å². The summed E-state index contributed by atoms with van der Waals surface area (Å²) < 4.78 is 0. The maximum absolute atomic E-state index is 12.7. The van der Waals surface area contributed by atoms with Crippen LogP contribution in [0.15, 0.2) is 107 Å². The number of nitrogens with zero attached hydrogens (tertiary/aromatic N) is 2. The molecule has 0 bridgehead atoms. The fourth-order valence-electron chi connectivity index (χ4n) is 3.39. The van der Waals surface area contributed by atoms with Gasteiger partial charge in [0.15, 0.2) is 0 Å². The molecule has 4 aromatic rings. The van der Waals surface area contributed by atoms with Crippen molar-refractivity contribution in [2.45, 2.75) is 9.79 Å². The molecule has 0 unspecified atom stereocenters. The minimum Gasteiger partial charge on any atom is -0.308 e. The van der Waals surface area contributed by atoms with E-state index in [9.17, 15) is 4.79 Å². The van der Waals surface area contributed by atoms with Crippen LogP contribution in [0, 0.1) is 0 Å². The van der Waals surface area contributed by atoms with Crippen molar-refractivity contribution in [3.63, 3.8) is 0 Å². The SMILES string of the molecule is O=C(c1ccc(N2c3ccccc3Sc3ccccc32)cc1)c1ccccn1. The highest BCUT2D eigenvalue weighted by Crippen LogP contribution is 2.50. The Morgan fingerprint density at radius 1 is 0.714 bits per heavy atom. The normalized spacial score (nSPS) is 12.2. The number of ketones is 1. The van der Waals surface area contributed by atoms with Gasteiger partial charge < -0.3 is 4.90 Å². The minimum atomic E-state index is -0.0675. The smallest absolute Gasteiger partial charge is 0.211 e. The first-order valence-corrected chi connectivity index (χ1v) is 9.85. The van der Waals surface area contributed by atoms with Gasteiger partial charge in [0.1, 0.15) is 5.69 Å². The van der Waals surface area contributed by atoms with Crippen molar-refractivity contribution in [3.05, 3.63) is 108 Å². The minimum absolute atomic E-state index is 0.0675. The molecule has 0 spiro atoms. The molecule has 0 fully saturated rings. The third-order valence-corrected chi connectivity index (χ3v) is 5.85. The lowest BCUT2D eigenvalue weighted by atomic mass is 10.1. The van der Waals surface area contributed by atoms with E-state index in [-0.39, 0.29) is 5.78 Å². The molecule has 1 aliphatic rings. The van der Waals surface area contributed by atoms with Crippen LogP contribution < -0.4 is 4.90 Å². The summed E-state index contributed by atoms with van der Waals surface area (Å²) >= 11 is 1.78. The van der Waals surface area contributed by atoms with Gasteiger partial charge in [0.2, 0.25) is 5.78 Å². The lowest BCUT2D eigenvalue weighted by molar-refractivity contribution is 0.103. The molecular formula is C24H16N2OS. The van der Waals surface area contributed by atoms with Crippen molar-refractivity contribution in [2.24, 2.45) is 0 Å². The van der Waals surface area contributed by atoms with Crippen LogP contribution in [-0.2, 0) is 0 Å². The molecule has 0 radical (unpaired) electrons. The van der Waals surface area contributed by atoms with Crippen molar-refractivity contribution in [2.75, 3.05) is 4.90 Å². The highest BCUT2D eigenvalue weighted by Gasteiger charge is 2.24. The van der Waals surface area contributed by atoms with E-state index in [1.54, 1.807) is 24.0 Å². The van der Waals surface area contributed by atoms with E-state index in [4.69, 9.17) is 0 Å². The number of aromatic nitrogens is 1. The predicted octanol–water partition coefficient (Wildman–Crippen LogP) is 6.25. The second kappa shape index (κ2) is 6.98. The van der Waals surface area contributed by atoms with E-state index in [1.807, 2.05) is 36.4 Å². The average molecular weight is 380 g/mol. The zero-order valence-electron chi connectivity index (χ0n) is 14.9. The van der Waals surface area contributed by atoms with Crippen molar-refractivity contribution in [3.8, 4) is 0 Å². The molecule has 0 saturated carbocycles. The van der Waals surface area contributed by atoms with Gasteiger partial charge in [-0.25, -0.2) is 0 Å². The number of rotatable bonds is 3. The van der Waals surface area contributed by atoms with Gasteiger partial charge in [-0.1, -0.05) is 42.1 Å². The van der Waals surface area contributed by atoms with Crippen LogP contribution in [0.4, 0.5) is 17.1 Å². The van der Waals surface area contributed by atoms with Gasteiger partial charge in [-0.05, 0) is 60.7 Å². The Bertz CT molecular complexity index is 1110. The molecule has 3 nitrogen and oxygen atoms in total. The van der Waals surface area contributed by atoms with Gasteiger partial charge in [0.25, 0.3) is 0 Å². The van der Waals surface area contributed by atoms with E-state index in [0.717, 1.165) is 17.1 Å². The Hall–Kier alpha value is -3.37. The van der Waals surface area contributed by atoms with E-state index in [2.05, 4.69) is 58.4 Å². The molecule has 2 heterocycles. The molecule has 0 amide bonds. The number of benzene rings is 3. The number of pyridine rings is 1. The average Bonchev–Trinajstić information content (AvgIpc) is 2.77. The van der Waals surface area contributed by atoms with Crippen LogP contribution in [0.3, 0.4) is 0 Å². The number of carbonyl (C=O) groups is 1. The van der Waals surface area contributed by atoms with Crippen LogP contribution >= 0.6 is 11.8 Å². The Kier molecular flexibility index (Phi) is 4.18. The number of hydrogen-bond donors (Lipinski definition) is 0. The largest absolute Gasteiger partial charge is 0.308 e. The molecule has 4 heteroatoms.